The number of allylic oxidation sites excluding steroid dienone is 1. The molecule has 0 amide bonds. The quantitative estimate of drug-likeness (QED) is 0.616. The van der Waals surface area contributed by atoms with Gasteiger partial charge >= 0.3 is 0 Å². The van der Waals surface area contributed by atoms with E-state index in [1.807, 2.05) is 60.7 Å². The van der Waals surface area contributed by atoms with Crippen molar-refractivity contribution < 1.29 is 4.79 Å². The molecule has 0 fully saturated rings. The second-order valence-electron chi connectivity index (χ2n) is 5.75. The molecule has 0 unspecified atom stereocenters. The van der Waals surface area contributed by atoms with Gasteiger partial charge in [0.25, 0.3) is 0 Å². The lowest BCUT2D eigenvalue weighted by atomic mass is 9.92. The maximum Gasteiger partial charge on any atom is 0.167 e. The molecule has 1 heteroatoms. The topological polar surface area (TPSA) is 17.1 Å². The van der Waals surface area contributed by atoms with Crippen LogP contribution in [0.5, 0.6) is 0 Å². The Labute approximate surface area is 135 Å². The Morgan fingerprint density at radius 2 is 1.22 bits per heavy atom. The number of carbonyl (C=O) groups excluding carboxylic acids is 1. The lowest BCUT2D eigenvalue weighted by Crippen LogP contribution is -2.08. The second-order valence-corrected chi connectivity index (χ2v) is 5.75. The molecule has 0 aliphatic heterocycles. The Balaban J connectivity index is 1.74. The van der Waals surface area contributed by atoms with E-state index in [1.165, 1.54) is 11.1 Å². The number of fused-ring (bicyclic) bond motifs is 3. The molecule has 0 spiro atoms. The van der Waals surface area contributed by atoms with E-state index in [1.54, 1.807) is 6.08 Å². The van der Waals surface area contributed by atoms with Crippen LogP contribution in [0.2, 0.25) is 0 Å². The summed E-state index contributed by atoms with van der Waals surface area (Å²) in [5.74, 6) is -0.0615. The molecule has 1 aliphatic rings. The van der Waals surface area contributed by atoms with Crippen LogP contribution in [0.15, 0.2) is 84.9 Å². The highest BCUT2D eigenvalue weighted by molar-refractivity contribution is 6.05. The summed E-state index contributed by atoms with van der Waals surface area (Å²) in [4.78, 5) is 12.9. The van der Waals surface area contributed by atoms with E-state index in [0.717, 1.165) is 16.7 Å². The fourth-order valence-corrected chi connectivity index (χ4v) is 3.30. The SMILES string of the molecule is O=C(C=Cc1ccccc1)C1c2ccccc2-c2ccccc21. The van der Waals surface area contributed by atoms with Gasteiger partial charge in [-0.3, -0.25) is 4.79 Å². The van der Waals surface area contributed by atoms with Crippen LogP contribution < -0.4 is 0 Å². The van der Waals surface area contributed by atoms with Crippen molar-refractivity contribution in [1.29, 1.82) is 0 Å². The molecule has 110 valence electrons. The normalized spacial score (nSPS) is 13.0. The molecule has 0 atom stereocenters. The van der Waals surface area contributed by atoms with Gasteiger partial charge < -0.3 is 0 Å². The third-order valence-electron chi connectivity index (χ3n) is 4.36. The molecule has 3 aromatic carbocycles. The molecule has 0 N–H and O–H groups in total. The molecule has 0 heterocycles. The molecule has 23 heavy (non-hydrogen) atoms. The molecule has 0 saturated heterocycles. The standard InChI is InChI=1S/C22H16O/c23-21(15-14-16-8-2-1-3-9-16)22-19-12-6-4-10-17(19)18-11-5-7-13-20(18)22/h1-15,22H. The van der Waals surface area contributed by atoms with Crippen molar-refractivity contribution >= 4 is 11.9 Å². The van der Waals surface area contributed by atoms with E-state index in [2.05, 4.69) is 24.3 Å². The molecule has 0 radical (unpaired) electrons. The zero-order chi connectivity index (χ0) is 15.6. The summed E-state index contributed by atoms with van der Waals surface area (Å²) in [6.07, 6.45) is 3.60. The smallest absolute Gasteiger partial charge is 0.167 e. The van der Waals surface area contributed by atoms with Gasteiger partial charge in [-0.2, -0.15) is 0 Å². The highest BCUT2D eigenvalue weighted by atomic mass is 16.1. The maximum atomic E-state index is 12.9. The first-order valence-electron chi connectivity index (χ1n) is 7.80. The van der Waals surface area contributed by atoms with Crippen molar-refractivity contribution in [3.8, 4) is 11.1 Å². The first kappa shape index (κ1) is 13.7. The lowest BCUT2D eigenvalue weighted by molar-refractivity contribution is -0.115. The van der Waals surface area contributed by atoms with Gasteiger partial charge in [0.15, 0.2) is 5.78 Å². The summed E-state index contributed by atoms with van der Waals surface area (Å²) in [5.41, 5.74) is 5.61. The summed E-state index contributed by atoms with van der Waals surface area (Å²) < 4.78 is 0. The summed E-state index contributed by atoms with van der Waals surface area (Å²) in [5, 5.41) is 0. The fraction of sp³-hybridized carbons (Fsp3) is 0.0455. The third kappa shape index (κ3) is 2.40. The lowest BCUT2D eigenvalue weighted by Gasteiger charge is -2.09. The summed E-state index contributed by atoms with van der Waals surface area (Å²) in [7, 11) is 0. The van der Waals surface area contributed by atoms with Crippen LogP contribution >= 0.6 is 0 Å². The number of carbonyl (C=O) groups is 1. The van der Waals surface area contributed by atoms with Crippen LogP contribution in [0, 0.1) is 0 Å². The van der Waals surface area contributed by atoms with E-state index in [4.69, 9.17) is 0 Å². The molecule has 1 nitrogen and oxygen atoms in total. The maximum absolute atomic E-state index is 12.9. The molecule has 0 aromatic heterocycles. The Hall–Kier alpha value is -2.93. The van der Waals surface area contributed by atoms with Gasteiger partial charge in [0.2, 0.25) is 0 Å². The van der Waals surface area contributed by atoms with Crippen LogP contribution in [-0.2, 0) is 4.79 Å². The highest BCUT2D eigenvalue weighted by Gasteiger charge is 2.31. The van der Waals surface area contributed by atoms with Gasteiger partial charge in [-0.25, -0.2) is 0 Å². The molecule has 3 aromatic rings. The van der Waals surface area contributed by atoms with Crippen LogP contribution in [-0.4, -0.2) is 5.78 Å². The summed E-state index contributed by atoms with van der Waals surface area (Å²) >= 11 is 0. The van der Waals surface area contributed by atoms with Gasteiger partial charge in [0.05, 0.1) is 5.92 Å². The van der Waals surface area contributed by atoms with Crippen molar-refractivity contribution in [2.45, 2.75) is 5.92 Å². The molecule has 4 rings (SSSR count). The predicted molar refractivity (Wildman–Crippen MR) is 94.2 cm³/mol. The summed E-state index contributed by atoms with van der Waals surface area (Å²) in [6, 6.07) is 26.3. The Kier molecular flexibility index (Phi) is 3.39. The van der Waals surface area contributed by atoms with E-state index in [-0.39, 0.29) is 11.7 Å². The van der Waals surface area contributed by atoms with Crippen LogP contribution in [0.1, 0.15) is 22.6 Å². The zero-order valence-electron chi connectivity index (χ0n) is 12.6. The molecule has 0 saturated carbocycles. The Bertz CT molecular complexity index is 845. The number of benzene rings is 3. The minimum absolute atomic E-state index is 0.131. The number of rotatable bonds is 3. The Morgan fingerprint density at radius 1 is 0.696 bits per heavy atom. The third-order valence-corrected chi connectivity index (χ3v) is 4.36. The summed E-state index contributed by atoms with van der Waals surface area (Å²) in [6.45, 7) is 0. The fourth-order valence-electron chi connectivity index (χ4n) is 3.30. The average Bonchev–Trinajstić information content (AvgIpc) is 2.95. The van der Waals surface area contributed by atoms with Crippen molar-refractivity contribution in [3.05, 3.63) is 102 Å². The van der Waals surface area contributed by atoms with Crippen molar-refractivity contribution in [2.24, 2.45) is 0 Å². The van der Waals surface area contributed by atoms with Crippen LogP contribution in [0.4, 0.5) is 0 Å². The molecular weight excluding hydrogens is 280 g/mol. The largest absolute Gasteiger partial charge is 0.294 e. The van der Waals surface area contributed by atoms with Crippen molar-refractivity contribution in [2.75, 3.05) is 0 Å². The minimum atomic E-state index is -0.192. The monoisotopic (exact) mass is 296 g/mol. The molecular formula is C22H16O. The van der Waals surface area contributed by atoms with Gasteiger partial charge in [-0.1, -0.05) is 84.9 Å². The van der Waals surface area contributed by atoms with Gasteiger partial charge in [0.1, 0.15) is 0 Å². The van der Waals surface area contributed by atoms with Crippen LogP contribution in [0.3, 0.4) is 0 Å². The molecule has 1 aliphatic carbocycles. The predicted octanol–water partition coefficient (Wildman–Crippen LogP) is 5.08. The van der Waals surface area contributed by atoms with E-state index < -0.39 is 0 Å². The Morgan fingerprint density at radius 3 is 1.83 bits per heavy atom. The van der Waals surface area contributed by atoms with Crippen molar-refractivity contribution in [1.82, 2.24) is 0 Å². The first-order chi connectivity index (χ1) is 11.3. The molecule has 0 bridgehead atoms. The van der Waals surface area contributed by atoms with E-state index in [9.17, 15) is 4.79 Å². The number of hydrogen-bond acceptors (Lipinski definition) is 1. The van der Waals surface area contributed by atoms with Crippen LogP contribution in [0.25, 0.3) is 17.2 Å². The first-order valence-corrected chi connectivity index (χ1v) is 7.80. The minimum Gasteiger partial charge on any atom is -0.294 e. The van der Waals surface area contributed by atoms with Gasteiger partial charge in [-0.15, -0.1) is 0 Å². The van der Waals surface area contributed by atoms with E-state index >= 15 is 0 Å². The number of ketones is 1. The number of hydrogen-bond donors (Lipinski definition) is 0. The second kappa shape index (κ2) is 5.69. The van der Waals surface area contributed by atoms with E-state index in [0.29, 0.717) is 0 Å². The van der Waals surface area contributed by atoms with Crippen molar-refractivity contribution in [3.63, 3.8) is 0 Å². The zero-order valence-corrected chi connectivity index (χ0v) is 12.6. The van der Waals surface area contributed by atoms with Gasteiger partial charge in [-0.05, 0) is 33.9 Å². The average molecular weight is 296 g/mol. The highest BCUT2D eigenvalue weighted by Crippen LogP contribution is 2.45. The van der Waals surface area contributed by atoms with Gasteiger partial charge in [0, 0.05) is 0 Å².